The molecule has 0 radical (unpaired) electrons. The predicted molar refractivity (Wildman–Crippen MR) is 76.9 cm³/mol. The van der Waals surface area contributed by atoms with Gasteiger partial charge in [0.25, 0.3) is 0 Å². The number of aryl methyl sites for hydroxylation is 1. The summed E-state index contributed by atoms with van der Waals surface area (Å²) in [5, 5.41) is 15.0. The molecule has 0 unspecified atom stereocenters. The van der Waals surface area contributed by atoms with Crippen molar-refractivity contribution in [1.82, 2.24) is 10.6 Å². The number of carbonyl (C=O) groups excluding carboxylic acids is 1. The molecule has 7 heteroatoms. The number of benzene rings is 1. The second kappa shape index (κ2) is 6.91. The third kappa shape index (κ3) is 4.56. The van der Waals surface area contributed by atoms with Gasteiger partial charge in [-0.2, -0.15) is 8.78 Å². The Morgan fingerprint density at radius 3 is 2.73 bits per heavy atom. The monoisotopic (exact) mass is 314 g/mol. The zero-order valence-electron chi connectivity index (χ0n) is 12.4. The zero-order valence-corrected chi connectivity index (χ0v) is 12.4. The van der Waals surface area contributed by atoms with Gasteiger partial charge in [0.1, 0.15) is 5.75 Å². The summed E-state index contributed by atoms with van der Waals surface area (Å²) in [5.74, 6) is 0.0403. The van der Waals surface area contributed by atoms with Crippen molar-refractivity contribution in [1.29, 1.82) is 0 Å². The van der Waals surface area contributed by atoms with Crippen molar-refractivity contribution in [3.8, 4) is 5.75 Å². The maximum atomic E-state index is 12.3. The van der Waals surface area contributed by atoms with E-state index in [0.717, 1.165) is 12.0 Å². The molecule has 2 amide bonds. The molecule has 2 rings (SSSR count). The van der Waals surface area contributed by atoms with Crippen molar-refractivity contribution < 1.29 is 23.4 Å². The molecule has 0 saturated heterocycles. The molecular weight excluding hydrogens is 294 g/mol. The number of carbonyl (C=O) groups is 1. The van der Waals surface area contributed by atoms with Crippen LogP contribution in [0.3, 0.4) is 0 Å². The van der Waals surface area contributed by atoms with Gasteiger partial charge in [-0.05, 0) is 32.3 Å². The van der Waals surface area contributed by atoms with Crippen LogP contribution in [0.25, 0.3) is 0 Å². The summed E-state index contributed by atoms with van der Waals surface area (Å²) in [6, 6.07) is 4.34. The molecular formula is C15H20F2N2O3. The smallest absolute Gasteiger partial charge is 0.387 e. The highest BCUT2D eigenvalue weighted by Gasteiger charge is 2.34. The van der Waals surface area contributed by atoms with Crippen molar-refractivity contribution in [2.24, 2.45) is 0 Å². The number of rotatable bonds is 6. The average molecular weight is 314 g/mol. The van der Waals surface area contributed by atoms with Gasteiger partial charge in [0.2, 0.25) is 0 Å². The van der Waals surface area contributed by atoms with Crippen LogP contribution in [0, 0.1) is 6.92 Å². The molecule has 0 aliphatic heterocycles. The summed E-state index contributed by atoms with van der Waals surface area (Å²) in [4.78, 5) is 11.7. The Bertz CT molecular complexity index is 534. The SMILES string of the molecule is Cc1ccc(OC(F)F)c(CNC(=O)NCC2(O)CCC2)c1. The van der Waals surface area contributed by atoms with Crippen molar-refractivity contribution in [3.05, 3.63) is 29.3 Å². The number of nitrogens with one attached hydrogen (secondary N) is 2. The summed E-state index contributed by atoms with van der Waals surface area (Å²) in [6.45, 7) is -0.841. The fraction of sp³-hybridized carbons (Fsp3) is 0.533. The van der Waals surface area contributed by atoms with Crippen LogP contribution in [-0.4, -0.2) is 29.9 Å². The lowest BCUT2D eigenvalue weighted by Crippen LogP contribution is -2.50. The molecule has 1 fully saturated rings. The highest BCUT2D eigenvalue weighted by molar-refractivity contribution is 5.74. The second-order valence-corrected chi connectivity index (χ2v) is 5.60. The third-order valence-corrected chi connectivity index (χ3v) is 3.73. The minimum atomic E-state index is -2.91. The first-order valence-electron chi connectivity index (χ1n) is 7.16. The second-order valence-electron chi connectivity index (χ2n) is 5.60. The molecule has 5 nitrogen and oxygen atoms in total. The fourth-order valence-electron chi connectivity index (χ4n) is 2.30. The van der Waals surface area contributed by atoms with Gasteiger partial charge < -0.3 is 20.5 Å². The summed E-state index contributed by atoms with van der Waals surface area (Å²) in [6.07, 6.45) is 2.31. The Morgan fingerprint density at radius 1 is 1.41 bits per heavy atom. The summed E-state index contributed by atoms with van der Waals surface area (Å²) in [5.41, 5.74) is 0.547. The molecule has 22 heavy (non-hydrogen) atoms. The van der Waals surface area contributed by atoms with Crippen molar-refractivity contribution in [2.45, 2.75) is 44.9 Å². The number of hydrogen-bond acceptors (Lipinski definition) is 3. The summed E-state index contributed by atoms with van der Waals surface area (Å²) < 4.78 is 29.1. The van der Waals surface area contributed by atoms with Crippen molar-refractivity contribution in [3.63, 3.8) is 0 Å². The molecule has 0 spiro atoms. The largest absolute Gasteiger partial charge is 0.434 e. The van der Waals surface area contributed by atoms with Crippen molar-refractivity contribution >= 4 is 6.03 Å². The number of hydrogen-bond donors (Lipinski definition) is 3. The van der Waals surface area contributed by atoms with E-state index in [2.05, 4.69) is 15.4 Å². The number of halogens is 2. The zero-order chi connectivity index (χ0) is 16.2. The van der Waals surface area contributed by atoms with E-state index < -0.39 is 18.2 Å². The van der Waals surface area contributed by atoms with Gasteiger partial charge in [-0.15, -0.1) is 0 Å². The summed E-state index contributed by atoms with van der Waals surface area (Å²) >= 11 is 0. The number of amides is 2. The van der Waals surface area contributed by atoms with Gasteiger partial charge in [0.15, 0.2) is 0 Å². The van der Waals surface area contributed by atoms with Crippen LogP contribution in [0.4, 0.5) is 13.6 Å². The van der Waals surface area contributed by atoms with Crippen LogP contribution in [-0.2, 0) is 6.54 Å². The minimum Gasteiger partial charge on any atom is -0.434 e. The van der Waals surface area contributed by atoms with Gasteiger partial charge >= 0.3 is 12.6 Å². The van der Waals surface area contributed by atoms with E-state index >= 15 is 0 Å². The molecule has 1 aliphatic rings. The van der Waals surface area contributed by atoms with Crippen LogP contribution >= 0.6 is 0 Å². The molecule has 122 valence electrons. The van der Waals surface area contributed by atoms with Gasteiger partial charge in [-0.25, -0.2) is 4.79 Å². The Kier molecular flexibility index (Phi) is 5.18. The molecule has 1 aliphatic carbocycles. The van der Waals surface area contributed by atoms with Gasteiger partial charge in [-0.1, -0.05) is 17.7 Å². The van der Waals surface area contributed by atoms with E-state index in [4.69, 9.17) is 0 Å². The van der Waals surface area contributed by atoms with Crippen LogP contribution in [0.2, 0.25) is 0 Å². The quantitative estimate of drug-likeness (QED) is 0.754. The number of ether oxygens (including phenoxy) is 1. The van der Waals surface area contributed by atoms with Crippen LogP contribution in [0.15, 0.2) is 18.2 Å². The maximum Gasteiger partial charge on any atom is 0.387 e. The average Bonchev–Trinajstić information content (AvgIpc) is 2.42. The highest BCUT2D eigenvalue weighted by atomic mass is 19.3. The van der Waals surface area contributed by atoms with E-state index in [1.54, 1.807) is 12.1 Å². The lowest BCUT2D eigenvalue weighted by Gasteiger charge is -2.36. The number of alkyl halides is 2. The van der Waals surface area contributed by atoms with E-state index in [1.807, 2.05) is 6.92 Å². The molecule has 1 aromatic rings. The minimum absolute atomic E-state index is 0.0403. The Morgan fingerprint density at radius 2 is 2.14 bits per heavy atom. The molecule has 3 N–H and O–H groups in total. The normalized spacial score (nSPS) is 16.0. The van der Waals surface area contributed by atoms with Crippen LogP contribution in [0.1, 0.15) is 30.4 Å². The van der Waals surface area contributed by atoms with Crippen LogP contribution < -0.4 is 15.4 Å². The highest BCUT2D eigenvalue weighted by Crippen LogP contribution is 2.30. The number of aliphatic hydroxyl groups is 1. The molecule has 0 bridgehead atoms. The van der Waals surface area contributed by atoms with Gasteiger partial charge in [0.05, 0.1) is 5.60 Å². The molecule has 0 aromatic heterocycles. The molecule has 1 saturated carbocycles. The Labute approximate surface area is 127 Å². The molecule has 0 atom stereocenters. The lowest BCUT2D eigenvalue weighted by atomic mass is 9.80. The fourth-order valence-corrected chi connectivity index (χ4v) is 2.30. The summed E-state index contributed by atoms with van der Waals surface area (Å²) in [7, 11) is 0. The Hall–Kier alpha value is -1.89. The van der Waals surface area contributed by atoms with E-state index in [0.29, 0.717) is 18.4 Å². The Balaban J connectivity index is 1.87. The first kappa shape index (κ1) is 16.5. The van der Waals surface area contributed by atoms with Crippen LogP contribution in [0.5, 0.6) is 5.75 Å². The van der Waals surface area contributed by atoms with Crippen molar-refractivity contribution in [2.75, 3.05) is 6.54 Å². The maximum absolute atomic E-state index is 12.3. The standard InChI is InChI=1S/C15H20F2N2O3/c1-10-3-4-12(22-13(16)17)11(7-10)8-18-14(20)19-9-15(21)5-2-6-15/h3-4,7,13,21H,2,5-6,8-9H2,1H3,(H2,18,19,20). The topological polar surface area (TPSA) is 70.6 Å². The number of urea groups is 1. The third-order valence-electron chi connectivity index (χ3n) is 3.73. The predicted octanol–water partition coefficient (Wildman–Crippen LogP) is 2.31. The van der Waals surface area contributed by atoms with Gasteiger partial charge in [0, 0.05) is 18.7 Å². The molecule has 1 aromatic carbocycles. The molecule has 0 heterocycles. The first-order chi connectivity index (χ1) is 10.4. The van der Waals surface area contributed by atoms with Gasteiger partial charge in [-0.3, -0.25) is 0 Å². The lowest BCUT2D eigenvalue weighted by molar-refractivity contribution is -0.0505. The van der Waals surface area contributed by atoms with E-state index in [-0.39, 0.29) is 18.8 Å². The first-order valence-corrected chi connectivity index (χ1v) is 7.16. The van der Waals surface area contributed by atoms with E-state index in [9.17, 15) is 18.7 Å². The van der Waals surface area contributed by atoms with E-state index in [1.165, 1.54) is 6.07 Å².